The van der Waals surface area contributed by atoms with E-state index in [0.29, 0.717) is 13.0 Å². The molecule has 0 amide bonds. The third kappa shape index (κ3) is 3.27. The van der Waals surface area contributed by atoms with Gasteiger partial charge in [-0.15, -0.1) is 0 Å². The Morgan fingerprint density at radius 1 is 1.67 bits per heavy atom. The highest BCUT2D eigenvalue weighted by Gasteiger charge is 2.05. The molecule has 5 heteroatoms. The van der Waals surface area contributed by atoms with Gasteiger partial charge in [0.2, 0.25) is 0 Å². The van der Waals surface area contributed by atoms with Crippen LogP contribution < -0.4 is 5.32 Å². The molecule has 1 N–H and O–H groups in total. The lowest BCUT2D eigenvalue weighted by Gasteiger charge is -2.03. The summed E-state index contributed by atoms with van der Waals surface area (Å²) in [5.74, 6) is -0.204. The van der Waals surface area contributed by atoms with Crippen LogP contribution in [0, 0.1) is 0 Å². The predicted octanol–water partition coefficient (Wildman–Crippen LogP) is 0.957. The molecule has 0 aliphatic carbocycles. The minimum atomic E-state index is -0.204. The zero-order valence-electron chi connectivity index (χ0n) is 9.41. The van der Waals surface area contributed by atoms with E-state index in [4.69, 9.17) is 0 Å². The molecule has 0 atom stereocenters. The minimum absolute atomic E-state index is 0.204. The van der Waals surface area contributed by atoms with Crippen molar-refractivity contribution in [2.24, 2.45) is 7.05 Å². The van der Waals surface area contributed by atoms with Crippen molar-refractivity contribution >= 4 is 11.7 Å². The van der Waals surface area contributed by atoms with E-state index in [-0.39, 0.29) is 5.97 Å². The third-order valence-electron chi connectivity index (χ3n) is 2.11. The first-order chi connectivity index (χ1) is 7.17. The lowest BCUT2D eigenvalue weighted by atomic mass is 10.3. The number of esters is 1. The fourth-order valence-electron chi connectivity index (χ4n) is 1.34. The number of anilines is 1. The van der Waals surface area contributed by atoms with Gasteiger partial charge in [-0.1, -0.05) is 6.92 Å². The molecule has 1 aromatic rings. The second-order valence-corrected chi connectivity index (χ2v) is 3.27. The van der Waals surface area contributed by atoms with Crippen molar-refractivity contribution in [3.05, 3.63) is 11.9 Å². The first-order valence-electron chi connectivity index (χ1n) is 5.00. The molecule has 0 radical (unpaired) electrons. The number of methoxy groups -OCH3 is 1. The van der Waals surface area contributed by atoms with Crippen LogP contribution >= 0.6 is 0 Å². The first-order valence-corrected chi connectivity index (χ1v) is 5.00. The molecular formula is C10H17N3O2. The fourth-order valence-corrected chi connectivity index (χ4v) is 1.34. The van der Waals surface area contributed by atoms with E-state index in [2.05, 4.69) is 15.2 Å². The number of ether oxygens (including phenoxy) is 1. The summed E-state index contributed by atoms with van der Waals surface area (Å²) in [5.41, 5.74) is 2.01. The molecule has 15 heavy (non-hydrogen) atoms. The summed E-state index contributed by atoms with van der Waals surface area (Å²) in [7, 11) is 3.27. The van der Waals surface area contributed by atoms with Gasteiger partial charge in [0, 0.05) is 19.8 Å². The summed E-state index contributed by atoms with van der Waals surface area (Å²) in [4.78, 5) is 10.9. The van der Waals surface area contributed by atoms with Gasteiger partial charge in [0.1, 0.15) is 0 Å². The van der Waals surface area contributed by atoms with Crippen molar-refractivity contribution in [3.63, 3.8) is 0 Å². The maximum absolute atomic E-state index is 10.9. The molecule has 0 aromatic carbocycles. The quantitative estimate of drug-likeness (QED) is 0.737. The molecule has 84 valence electrons. The highest BCUT2D eigenvalue weighted by atomic mass is 16.5. The molecule has 0 spiro atoms. The second-order valence-electron chi connectivity index (χ2n) is 3.27. The Balaban J connectivity index is 2.46. The summed E-state index contributed by atoms with van der Waals surface area (Å²) < 4.78 is 6.31. The number of carbonyl (C=O) groups is 1. The minimum Gasteiger partial charge on any atom is -0.469 e. The van der Waals surface area contributed by atoms with Gasteiger partial charge in [-0.3, -0.25) is 9.48 Å². The molecule has 1 rings (SSSR count). The zero-order valence-corrected chi connectivity index (χ0v) is 9.41. The molecule has 5 nitrogen and oxygen atoms in total. The van der Waals surface area contributed by atoms with Crippen molar-refractivity contribution in [1.82, 2.24) is 9.78 Å². The molecule has 0 aliphatic heterocycles. The van der Waals surface area contributed by atoms with Gasteiger partial charge in [0.25, 0.3) is 0 Å². The average Bonchev–Trinajstić information content (AvgIpc) is 2.58. The monoisotopic (exact) mass is 211 g/mol. The number of nitrogens with one attached hydrogen (secondary N) is 1. The molecule has 0 fully saturated rings. The van der Waals surface area contributed by atoms with Gasteiger partial charge in [-0.2, -0.15) is 5.10 Å². The number of carbonyl (C=O) groups excluding carboxylic acids is 1. The Morgan fingerprint density at radius 3 is 3.00 bits per heavy atom. The number of hydrogen-bond acceptors (Lipinski definition) is 4. The van der Waals surface area contributed by atoms with Crippen LogP contribution in [0.5, 0.6) is 0 Å². The van der Waals surface area contributed by atoms with Gasteiger partial charge in [-0.25, -0.2) is 0 Å². The van der Waals surface area contributed by atoms with Crippen molar-refractivity contribution in [2.75, 3.05) is 19.0 Å². The Hall–Kier alpha value is -1.52. The molecule has 1 heterocycles. The van der Waals surface area contributed by atoms with Crippen molar-refractivity contribution < 1.29 is 9.53 Å². The highest BCUT2D eigenvalue weighted by molar-refractivity contribution is 5.69. The van der Waals surface area contributed by atoms with Crippen LogP contribution in [0.25, 0.3) is 0 Å². The van der Waals surface area contributed by atoms with Gasteiger partial charge < -0.3 is 10.1 Å². The van der Waals surface area contributed by atoms with Crippen molar-refractivity contribution in [3.8, 4) is 0 Å². The summed E-state index contributed by atoms with van der Waals surface area (Å²) >= 11 is 0. The van der Waals surface area contributed by atoms with Gasteiger partial charge in [0.15, 0.2) is 0 Å². The van der Waals surface area contributed by atoms with Crippen LogP contribution in [0.2, 0.25) is 0 Å². The van der Waals surface area contributed by atoms with E-state index in [1.807, 2.05) is 20.2 Å². The lowest BCUT2D eigenvalue weighted by molar-refractivity contribution is -0.140. The van der Waals surface area contributed by atoms with E-state index in [1.165, 1.54) is 7.11 Å². The van der Waals surface area contributed by atoms with Crippen LogP contribution in [0.15, 0.2) is 6.20 Å². The Morgan fingerprint density at radius 2 is 2.40 bits per heavy atom. The van der Waals surface area contributed by atoms with Crippen LogP contribution in [0.4, 0.5) is 5.69 Å². The van der Waals surface area contributed by atoms with Gasteiger partial charge in [-0.05, 0) is 6.42 Å². The predicted molar refractivity (Wildman–Crippen MR) is 57.7 cm³/mol. The number of aromatic nitrogens is 2. The SMILES string of the molecule is CCc1nn(C)cc1NCCC(=O)OC. The van der Waals surface area contributed by atoms with E-state index in [9.17, 15) is 4.79 Å². The van der Waals surface area contributed by atoms with Gasteiger partial charge in [0.05, 0.1) is 24.9 Å². The fraction of sp³-hybridized carbons (Fsp3) is 0.600. The van der Waals surface area contributed by atoms with E-state index < -0.39 is 0 Å². The standard InChI is InChI=1S/C10H17N3O2/c1-4-8-9(7-13(2)12-8)11-6-5-10(14)15-3/h7,11H,4-6H2,1-3H3. The topological polar surface area (TPSA) is 56.2 Å². The Kier molecular flexibility index (Phi) is 4.15. The summed E-state index contributed by atoms with van der Waals surface area (Å²) in [6.45, 7) is 2.62. The number of rotatable bonds is 5. The normalized spacial score (nSPS) is 10.1. The van der Waals surface area contributed by atoms with Crippen LogP contribution in [0.1, 0.15) is 19.0 Å². The van der Waals surface area contributed by atoms with E-state index >= 15 is 0 Å². The number of aryl methyl sites for hydroxylation is 2. The van der Waals surface area contributed by atoms with Crippen LogP contribution in [-0.4, -0.2) is 29.4 Å². The lowest BCUT2D eigenvalue weighted by Crippen LogP contribution is -2.10. The number of nitrogens with zero attached hydrogens (tertiary/aromatic N) is 2. The molecule has 0 bridgehead atoms. The molecular weight excluding hydrogens is 194 g/mol. The highest BCUT2D eigenvalue weighted by Crippen LogP contribution is 2.13. The maximum Gasteiger partial charge on any atom is 0.307 e. The first kappa shape index (κ1) is 11.6. The Labute approximate surface area is 89.4 Å². The average molecular weight is 211 g/mol. The molecule has 0 saturated heterocycles. The summed E-state index contributed by atoms with van der Waals surface area (Å²) in [6.07, 6.45) is 3.16. The third-order valence-corrected chi connectivity index (χ3v) is 2.11. The van der Waals surface area contributed by atoms with Crippen LogP contribution in [0.3, 0.4) is 0 Å². The van der Waals surface area contributed by atoms with Crippen LogP contribution in [-0.2, 0) is 23.0 Å². The smallest absolute Gasteiger partial charge is 0.307 e. The Bertz CT molecular complexity index is 333. The zero-order chi connectivity index (χ0) is 11.3. The van der Waals surface area contributed by atoms with E-state index in [0.717, 1.165) is 17.8 Å². The molecule has 0 unspecified atom stereocenters. The number of hydrogen-bond donors (Lipinski definition) is 1. The van der Waals surface area contributed by atoms with Crippen molar-refractivity contribution in [2.45, 2.75) is 19.8 Å². The molecule has 0 saturated carbocycles. The maximum atomic E-state index is 10.9. The molecule has 0 aliphatic rings. The molecule has 1 aromatic heterocycles. The summed E-state index contributed by atoms with van der Waals surface area (Å²) in [5, 5.41) is 7.45. The van der Waals surface area contributed by atoms with Gasteiger partial charge >= 0.3 is 5.97 Å². The second kappa shape index (κ2) is 5.38. The largest absolute Gasteiger partial charge is 0.469 e. The van der Waals surface area contributed by atoms with E-state index in [1.54, 1.807) is 4.68 Å². The summed E-state index contributed by atoms with van der Waals surface area (Å²) in [6, 6.07) is 0. The van der Waals surface area contributed by atoms with Crippen molar-refractivity contribution in [1.29, 1.82) is 0 Å².